The predicted octanol–water partition coefficient (Wildman–Crippen LogP) is 1.84. The summed E-state index contributed by atoms with van der Waals surface area (Å²) >= 11 is 1.30. The van der Waals surface area contributed by atoms with Gasteiger partial charge in [-0.3, -0.25) is 9.78 Å². The second kappa shape index (κ2) is 6.07. The summed E-state index contributed by atoms with van der Waals surface area (Å²) in [5.74, 6) is -3.19. The minimum Gasteiger partial charge on any atom is -0.502 e. The topological polar surface area (TPSA) is 100 Å². The molecule has 0 amide bonds. The number of aliphatic hydroxyl groups is 1. The van der Waals surface area contributed by atoms with Crippen molar-refractivity contribution in [2.75, 3.05) is 0 Å². The van der Waals surface area contributed by atoms with E-state index in [9.17, 15) is 9.59 Å². The smallest absolute Gasteiger partial charge is 0.371 e. The molecule has 0 aliphatic carbocycles. The van der Waals surface area contributed by atoms with Gasteiger partial charge in [0.15, 0.2) is 0 Å². The first-order valence-electron chi connectivity index (χ1n) is 5.58. The highest BCUT2D eigenvalue weighted by molar-refractivity contribution is 7.09. The first kappa shape index (κ1) is 13.9. The van der Waals surface area contributed by atoms with Gasteiger partial charge in [-0.05, 0) is 17.7 Å². The van der Waals surface area contributed by atoms with Gasteiger partial charge in [0, 0.05) is 30.3 Å². The Balaban J connectivity index is 2.11. The maximum Gasteiger partial charge on any atom is 0.371 e. The molecule has 0 aliphatic heterocycles. The molecule has 20 heavy (non-hydrogen) atoms. The summed E-state index contributed by atoms with van der Waals surface area (Å²) in [6.07, 6.45) is 4.55. The van der Waals surface area contributed by atoms with Crippen molar-refractivity contribution in [2.24, 2.45) is 0 Å². The number of carbonyl (C=O) groups is 2. The summed E-state index contributed by atoms with van der Waals surface area (Å²) in [5.41, 5.74) is 1.13. The number of hydrogen-bond acceptors (Lipinski definition) is 6. The highest BCUT2D eigenvalue weighted by Gasteiger charge is 2.13. The number of nitrogens with zero attached hydrogens (tertiary/aromatic N) is 2. The molecule has 0 fully saturated rings. The number of aliphatic hydroxyl groups excluding tert-OH is 1. The van der Waals surface area contributed by atoms with E-state index in [2.05, 4.69) is 9.97 Å². The molecule has 2 aromatic heterocycles. The number of carboxylic acid groups (broad SMARTS) is 1. The van der Waals surface area contributed by atoms with Crippen molar-refractivity contribution in [3.05, 3.63) is 58.0 Å². The van der Waals surface area contributed by atoms with Crippen molar-refractivity contribution in [3.8, 4) is 0 Å². The van der Waals surface area contributed by atoms with E-state index >= 15 is 0 Å². The highest BCUT2D eigenvalue weighted by Crippen LogP contribution is 2.15. The number of aromatic nitrogens is 2. The van der Waals surface area contributed by atoms with Crippen LogP contribution in [0.25, 0.3) is 0 Å². The van der Waals surface area contributed by atoms with Crippen LogP contribution in [0, 0.1) is 0 Å². The van der Waals surface area contributed by atoms with Crippen molar-refractivity contribution < 1.29 is 19.8 Å². The van der Waals surface area contributed by atoms with Crippen molar-refractivity contribution in [1.29, 1.82) is 0 Å². The van der Waals surface area contributed by atoms with E-state index in [-0.39, 0.29) is 5.69 Å². The molecule has 0 aliphatic rings. The number of pyridine rings is 1. The molecule has 2 N–H and O–H groups in total. The fourth-order valence-corrected chi connectivity index (χ4v) is 2.26. The van der Waals surface area contributed by atoms with Crippen LogP contribution in [0.1, 0.15) is 21.1 Å². The lowest BCUT2D eigenvalue weighted by molar-refractivity contribution is -0.135. The first-order chi connectivity index (χ1) is 9.56. The molecule has 7 heteroatoms. The van der Waals surface area contributed by atoms with Gasteiger partial charge in [0.25, 0.3) is 0 Å². The monoisotopic (exact) mass is 290 g/mol. The van der Waals surface area contributed by atoms with Gasteiger partial charge in [-0.15, -0.1) is 11.3 Å². The van der Waals surface area contributed by atoms with Crippen molar-refractivity contribution in [2.45, 2.75) is 6.42 Å². The van der Waals surface area contributed by atoms with Crippen molar-refractivity contribution >= 4 is 23.1 Å². The van der Waals surface area contributed by atoms with Gasteiger partial charge in [0.1, 0.15) is 5.69 Å². The van der Waals surface area contributed by atoms with E-state index in [4.69, 9.17) is 10.2 Å². The normalized spacial score (nSPS) is 11.3. The Kier molecular flexibility index (Phi) is 4.21. The lowest BCUT2D eigenvalue weighted by Crippen LogP contribution is -2.04. The third-order valence-electron chi connectivity index (χ3n) is 2.40. The van der Waals surface area contributed by atoms with E-state index in [1.54, 1.807) is 12.4 Å². The summed E-state index contributed by atoms with van der Waals surface area (Å²) in [4.78, 5) is 30.1. The van der Waals surface area contributed by atoms with E-state index < -0.39 is 17.5 Å². The number of aliphatic carboxylic acids is 1. The fourth-order valence-electron chi connectivity index (χ4n) is 1.44. The van der Waals surface area contributed by atoms with Gasteiger partial charge in [-0.25, -0.2) is 9.78 Å². The first-order valence-corrected chi connectivity index (χ1v) is 6.46. The zero-order valence-electron chi connectivity index (χ0n) is 10.2. The average molecular weight is 290 g/mol. The number of ketones is 1. The fraction of sp³-hybridized carbons (Fsp3) is 0.0769. The Morgan fingerprint density at radius 2 is 1.95 bits per heavy atom. The summed E-state index contributed by atoms with van der Waals surface area (Å²) in [6.45, 7) is 0. The summed E-state index contributed by atoms with van der Waals surface area (Å²) in [5, 5.41) is 19.8. The lowest BCUT2D eigenvalue weighted by Gasteiger charge is -1.95. The molecule has 0 saturated heterocycles. The van der Waals surface area contributed by atoms with Gasteiger partial charge in [0.2, 0.25) is 11.5 Å². The van der Waals surface area contributed by atoms with Gasteiger partial charge < -0.3 is 10.2 Å². The molecule has 0 aromatic carbocycles. The molecule has 0 saturated carbocycles. The Labute approximate surface area is 118 Å². The molecule has 0 bridgehead atoms. The summed E-state index contributed by atoms with van der Waals surface area (Å²) in [7, 11) is 0. The standard InChI is InChI=1S/C13H10N2O4S/c16-10(6-11(17)13(18)19)9-7-20-12(15-9)5-8-1-3-14-4-2-8/h1-4,6-7,17H,5H2,(H,18,19)/b11-6-. The molecule has 0 unspecified atom stereocenters. The van der Waals surface area contributed by atoms with Gasteiger partial charge in [0.05, 0.1) is 5.01 Å². The van der Waals surface area contributed by atoms with Crippen LogP contribution in [0.5, 0.6) is 0 Å². The Bertz CT molecular complexity index is 664. The minimum absolute atomic E-state index is 0.117. The number of rotatable bonds is 5. The number of carbonyl (C=O) groups excluding carboxylic acids is 1. The van der Waals surface area contributed by atoms with E-state index in [1.807, 2.05) is 12.1 Å². The zero-order chi connectivity index (χ0) is 14.5. The Morgan fingerprint density at radius 3 is 2.60 bits per heavy atom. The van der Waals surface area contributed by atoms with E-state index in [1.165, 1.54) is 16.7 Å². The van der Waals surface area contributed by atoms with Gasteiger partial charge in [-0.1, -0.05) is 0 Å². The minimum atomic E-state index is -1.55. The lowest BCUT2D eigenvalue weighted by atomic mass is 10.2. The average Bonchev–Trinajstić information content (AvgIpc) is 2.88. The molecule has 0 atom stereocenters. The number of thiazole rings is 1. The van der Waals surface area contributed by atoms with Crippen LogP contribution in [0.4, 0.5) is 0 Å². The van der Waals surface area contributed by atoms with Crippen molar-refractivity contribution in [3.63, 3.8) is 0 Å². The molecule has 102 valence electrons. The number of carboxylic acids is 1. The van der Waals surface area contributed by atoms with Crippen LogP contribution in [0.15, 0.2) is 41.7 Å². The zero-order valence-corrected chi connectivity index (χ0v) is 11.0. The molecular formula is C13H10N2O4S. The largest absolute Gasteiger partial charge is 0.502 e. The molecule has 0 spiro atoms. The van der Waals surface area contributed by atoms with Crippen LogP contribution in [-0.4, -0.2) is 31.9 Å². The number of hydrogen-bond donors (Lipinski definition) is 2. The third kappa shape index (κ3) is 3.48. The molecule has 2 rings (SSSR count). The summed E-state index contributed by atoms with van der Waals surface area (Å²) < 4.78 is 0. The van der Waals surface area contributed by atoms with Crippen LogP contribution in [0.2, 0.25) is 0 Å². The molecule has 2 heterocycles. The molecular weight excluding hydrogens is 280 g/mol. The van der Waals surface area contributed by atoms with E-state index in [0.29, 0.717) is 12.5 Å². The van der Waals surface area contributed by atoms with Crippen LogP contribution < -0.4 is 0 Å². The van der Waals surface area contributed by atoms with Crippen LogP contribution >= 0.6 is 11.3 Å². The SMILES string of the molecule is O=C(O)/C(O)=C/C(=O)c1csc(Cc2ccncc2)n1. The Hall–Kier alpha value is -2.54. The number of allylic oxidation sites excluding steroid dienone is 1. The van der Waals surface area contributed by atoms with Crippen LogP contribution in [0.3, 0.4) is 0 Å². The second-order valence-corrected chi connectivity index (χ2v) is 4.80. The Morgan fingerprint density at radius 1 is 1.25 bits per heavy atom. The predicted molar refractivity (Wildman–Crippen MR) is 71.8 cm³/mol. The maximum atomic E-state index is 11.7. The van der Waals surface area contributed by atoms with Gasteiger partial charge in [-0.2, -0.15) is 0 Å². The maximum absolute atomic E-state index is 11.7. The molecule has 2 aromatic rings. The van der Waals surface area contributed by atoms with Gasteiger partial charge >= 0.3 is 5.97 Å². The molecule has 0 radical (unpaired) electrons. The quantitative estimate of drug-likeness (QED) is 0.495. The third-order valence-corrected chi connectivity index (χ3v) is 3.24. The van der Waals surface area contributed by atoms with Crippen molar-refractivity contribution in [1.82, 2.24) is 9.97 Å². The second-order valence-electron chi connectivity index (χ2n) is 3.86. The molecule has 6 nitrogen and oxygen atoms in total. The highest BCUT2D eigenvalue weighted by atomic mass is 32.1. The summed E-state index contributed by atoms with van der Waals surface area (Å²) in [6, 6.07) is 3.69. The van der Waals surface area contributed by atoms with E-state index in [0.717, 1.165) is 10.6 Å². The van der Waals surface area contributed by atoms with Crippen LogP contribution in [-0.2, 0) is 11.2 Å².